The van der Waals surface area contributed by atoms with E-state index in [4.69, 9.17) is 5.11 Å². The van der Waals surface area contributed by atoms with E-state index in [9.17, 15) is 4.79 Å². The number of hydrogen-bond donors (Lipinski definition) is 1. The van der Waals surface area contributed by atoms with Gasteiger partial charge in [0.25, 0.3) is 0 Å². The number of carbonyl (C=O) groups is 1. The molecule has 2 heteroatoms. The van der Waals surface area contributed by atoms with Crippen molar-refractivity contribution >= 4 is 5.97 Å². The summed E-state index contributed by atoms with van der Waals surface area (Å²) in [5, 5.41) is 8.69. The second-order valence-corrected chi connectivity index (χ2v) is 3.46. The minimum Gasteiger partial charge on any atom is -0.481 e. The largest absolute Gasteiger partial charge is 0.481 e. The predicted molar refractivity (Wildman–Crippen MR) is 57.9 cm³/mol. The fourth-order valence-corrected chi connectivity index (χ4v) is 1.17. The van der Waals surface area contributed by atoms with Crippen molar-refractivity contribution in [1.29, 1.82) is 0 Å². The maximum atomic E-state index is 10.6. The Labute approximate surface area is 86.0 Å². The lowest BCUT2D eigenvalue weighted by atomic mass is 10.0. The molecule has 0 amide bonds. The highest BCUT2D eigenvalue weighted by molar-refractivity contribution is 5.69. The third-order valence-corrected chi connectivity index (χ3v) is 1.99. The Bertz CT molecular complexity index is 266. The predicted octanol–water partition coefficient (Wildman–Crippen LogP) is 2.85. The molecule has 0 aliphatic rings. The highest BCUT2D eigenvalue weighted by Crippen LogP contribution is 2.11. The minimum absolute atomic E-state index is 0.288. The van der Waals surface area contributed by atoms with E-state index in [-0.39, 0.29) is 5.92 Å². The molecule has 0 rings (SSSR count). The number of aliphatic carboxylic acids is 1. The van der Waals surface area contributed by atoms with Crippen LogP contribution in [0.25, 0.3) is 0 Å². The van der Waals surface area contributed by atoms with Gasteiger partial charge in [-0.3, -0.25) is 4.79 Å². The molecule has 0 aromatic carbocycles. The Morgan fingerprint density at radius 3 is 2.71 bits per heavy atom. The van der Waals surface area contributed by atoms with Crippen LogP contribution in [0.3, 0.4) is 0 Å². The van der Waals surface area contributed by atoms with Gasteiger partial charge in [0.15, 0.2) is 0 Å². The summed E-state index contributed by atoms with van der Waals surface area (Å²) in [5.41, 5.74) is 1.14. The summed E-state index contributed by atoms with van der Waals surface area (Å²) >= 11 is 0. The molecular formula is C12H18O2. The summed E-state index contributed by atoms with van der Waals surface area (Å²) in [6.07, 6.45) is 4.48. The zero-order valence-electron chi connectivity index (χ0n) is 9.13. The summed E-state index contributed by atoms with van der Waals surface area (Å²) in [6.45, 7) is 5.52. The van der Waals surface area contributed by atoms with E-state index < -0.39 is 5.97 Å². The molecule has 2 nitrogen and oxygen atoms in total. The van der Waals surface area contributed by atoms with Crippen LogP contribution in [0.15, 0.2) is 11.6 Å². The molecule has 0 saturated carbocycles. The first kappa shape index (κ1) is 12.8. The third-order valence-electron chi connectivity index (χ3n) is 1.99. The van der Waals surface area contributed by atoms with Gasteiger partial charge in [-0.1, -0.05) is 18.6 Å². The highest BCUT2D eigenvalue weighted by atomic mass is 16.4. The molecule has 1 N–H and O–H groups in total. The third kappa shape index (κ3) is 6.30. The number of hydrogen-bond acceptors (Lipinski definition) is 1. The van der Waals surface area contributed by atoms with Crippen molar-refractivity contribution in [3.8, 4) is 11.8 Å². The Hall–Kier alpha value is -1.23. The summed E-state index contributed by atoms with van der Waals surface area (Å²) < 4.78 is 0. The van der Waals surface area contributed by atoms with Gasteiger partial charge in [-0.2, -0.15) is 0 Å². The van der Waals surface area contributed by atoms with E-state index in [2.05, 4.69) is 17.9 Å². The van der Waals surface area contributed by atoms with Gasteiger partial charge in [0, 0.05) is 6.42 Å². The van der Waals surface area contributed by atoms with E-state index in [1.807, 2.05) is 13.8 Å². The number of unbranched alkanes of at least 4 members (excludes halogenated alkanes) is 1. The molecular weight excluding hydrogens is 176 g/mol. The van der Waals surface area contributed by atoms with Gasteiger partial charge in [-0.25, -0.2) is 0 Å². The SMILES string of the molecule is CC#CCC/C=C(\C)CC(C)C(=O)O. The average molecular weight is 194 g/mol. The molecule has 78 valence electrons. The molecule has 0 radical (unpaired) electrons. The molecule has 0 bridgehead atoms. The van der Waals surface area contributed by atoms with Gasteiger partial charge in [0.2, 0.25) is 0 Å². The van der Waals surface area contributed by atoms with Gasteiger partial charge >= 0.3 is 5.97 Å². The van der Waals surface area contributed by atoms with Crippen LogP contribution in [0.4, 0.5) is 0 Å². The van der Waals surface area contributed by atoms with Crippen LogP contribution in [-0.4, -0.2) is 11.1 Å². The zero-order valence-corrected chi connectivity index (χ0v) is 9.13. The van der Waals surface area contributed by atoms with Crippen LogP contribution < -0.4 is 0 Å². The van der Waals surface area contributed by atoms with Crippen molar-refractivity contribution in [1.82, 2.24) is 0 Å². The first-order valence-corrected chi connectivity index (χ1v) is 4.86. The topological polar surface area (TPSA) is 37.3 Å². The first-order chi connectivity index (χ1) is 6.57. The van der Waals surface area contributed by atoms with Gasteiger partial charge < -0.3 is 5.11 Å². The van der Waals surface area contributed by atoms with E-state index in [0.29, 0.717) is 6.42 Å². The summed E-state index contributed by atoms with van der Waals surface area (Å²) in [4.78, 5) is 10.6. The average Bonchev–Trinajstić information content (AvgIpc) is 2.12. The standard InChI is InChI=1S/C12H18O2/c1-4-5-6-7-8-10(2)9-11(3)12(13)14/h8,11H,6-7,9H2,1-3H3,(H,13,14)/b10-8+. The van der Waals surface area contributed by atoms with Crippen LogP contribution in [-0.2, 0) is 4.79 Å². The molecule has 0 fully saturated rings. The quantitative estimate of drug-likeness (QED) is 0.415. The van der Waals surface area contributed by atoms with Crippen molar-refractivity contribution in [2.75, 3.05) is 0 Å². The van der Waals surface area contributed by atoms with Crippen LogP contribution in [0.2, 0.25) is 0 Å². The Morgan fingerprint density at radius 2 is 2.21 bits per heavy atom. The molecule has 1 unspecified atom stereocenters. The second-order valence-electron chi connectivity index (χ2n) is 3.46. The molecule has 1 atom stereocenters. The van der Waals surface area contributed by atoms with Crippen molar-refractivity contribution in [3.63, 3.8) is 0 Å². The molecule has 0 aliphatic heterocycles. The summed E-state index contributed by atoms with van der Waals surface area (Å²) in [5.74, 6) is 4.78. The van der Waals surface area contributed by atoms with E-state index in [1.54, 1.807) is 6.92 Å². The van der Waals surface area contributed by atoms with Crippen LogP contribution in [0.1, 0.15) is 40.0 Å². The van der Waals surface area contributed by atoms with Crippen molar-refractivity contribution in [2.24, 2.45) is 5.92 Å². The number of allylic oxidation sites excluding steroid dienone is 2. The molecule has 0 saturated heterocycles. The van der Waals surface area contributed by atoms with E-state index in [1.165, 1.54) is 0 Å². The Balaban J connectivity index is 3.86. The fraction of sp³-hybridized carbons (Fsp3) is 0.583. The number of carboxylic acids is 1. The van der Waals surface area contributed by atoms with Gasteiger partial charge in [0.1, 0.15) is 0 Å². The summed E-state index contributed by atoms with van der Waals surface area (Å²) in [7, 11) is 0. The normalized spacial score (nSPS) is 12.9. The fourth-order valence-electron chi connectivity index (χ4n) is 1.17. The van der Waals surface area contributed by atoms with E-state index in [0.717, 1.165) is 18.4 Å². The lowest BCUT2D eigenvalue weighted by molar-refractivity contribution is -0.141. The Kier molecular flexibility index (Phi) is 6.57. The smallest absolute Gasteiger partial charge is 0.306 e. The van der Waals surface area contributed by atoms with Crippen molar-refractivity contribution < 1.29 is 9.90 Å². The van der Waals surface area contributed by atoms with Gasteiger partial charge in [-0.05, 0) is 26.7 Å². The minimum atomic E-state index is -0.730. The maximum absolute atomic E-state index is 10.6. The molecule has 0 heterocycles. The summed E-state index contributed by atoms with van der Waals surface area (Å²) in [6, 6.07) is 0. The lowest BCUT2D eigenvalue weighted by Crippen LogP contribution is -2.09. The first-order valence-electron chi connectivity index (χ1n) is 4.86. The lowest BCUT2D eigenvalue weighted by Gasteiger charge is -2.05. The molecule has 0 spiro atoms. The van der Waals surface area contributed by atoms with E-state index >= 15 is 0 Å². The Morgan fingerprint density at radius 1 is 1.57 bits per heavy atom. The van der Waals surface area contributed by atoms with Crippen LogP contribution in [0, 0.1) is 17.8 Å². The molecule has 14 heavy (non-hydrogen) atoms. The van der Waals surface area contributed by atoms with Crippen molar-refractivity contribution in [2.45, 2.75) is 40.0 Å². The molecule has 0 aromatic rings. The maximum Gasteiger partial charge on any atom is 0.306 e. The number of rotatable bonds is 5. The van der Waals surface area contributed by atoms with Gasteiger partial charge in [0.05, 0.1) is 5.92 Å². The highest BCUT2D eigenvalue weighted by Gasteiger charge is 2.10. The molecule has 0 aromatic heterocycles. The van der Waals surface area contributed by atoms with Crippen molar-refractivity contribution in [3.05, 3.63) is 11.6 Å². The monoisotopic (exact) mass is 194 g/mol. The van der Waals surface area contributed by atoms with Crippen LogP contribution >= 0.6 is 0 Å². The zero-order chi connectivity index (χ0) is 11.0. The number of carboxylic acid groups (broad SMARTS) is 1. The van der Waals surface area contributed by atoms with Crippen LogP contribution in [0.5, 0.6) is 0 Å². The second kappa shape index (κ2) is 7.20. The molecule has 0 aliphatic carbocycles. The van der Waals surface area contributed by atoms with Gasteiger partial charge in [-0.15, -0.1) is 11.8 Å².